The number of aliphatic carboxylic acids is 1. The van der Waals surface area contributed by atoms with Gasteiger partial charge in [-0.1, -0.05) is 109 Å². The number of hydrogen-bond acceptors (Lipinski definition) is 4. The van der Waals surface area contributed by atoms with E-state index >= 15 is 0 Å². The summed E-state index contributed by atoms with van der Waals surface area (Å²) in [6.45, 7) is 0. The molecule has 0 radical (unpaired) electrons. The van der Waals surface area contributed by atoms with Gasteiger partial charge in [-0.15, -0.1) is 0 Å². The standard InChI is InChI=1S/C38H34N2O4/c41-36(39-33(38(42)43)25-26-13-4-1-5-14-26)31-21-12-15-27(24-31)23-30-20-10-11-22-32(30)37-40-34(28-16-6-2-7-17-28)35(44-37)29-18-8-3-9-19-29/h1-9,12-19,21-22,24,30,33H,10-11,20,23,25H2,(H,39,41)(H,42,43)/t30?,33-/m0/s1. The summed E-state index contributed by atoms with van der Waals surface area (Å²) in [6.07, 6.45) is 6.15. The zero-order valence-electron chi connectivity index (χ0n) is 24.4. The van der Waals surface area contributed by atoms with E-state index in [0.29, 0.717) is 17.9 Å². The maximum absolute atomic E-state index is 13.2. The predicted molar refractivity (Wildman–Crippen MR) is 172 cm³/mol. The van der Waals surface area contributed by atoms with Gasteiger partial charge in [-0.25, -0.2) is 9.78 Å². The number of aromatic nitrogens is 1. The van der Waals surface area contributed by atoms with Gasteiger partial charge in [0.1, 0.15) is 11.7 Å². The normalized spacial score (nSPS) is 15.3. The fourth-order valence-corrected chi connectivity index (χ4v) is 5.85. The van der Waals surface area contributed by atoms with Gasteiger partial charge in [0.15, 0.2) is 5.76 Å². The van der Waals surface area contributed by atoms with Gasteiger partial charge in [0.05, 0.1) is 0 Å². The second-order valence-corrected chi connectivity index (χ2v) is 11.2. The van der Waals surface area contributed by atoms with Crippen LogP contribution in [0, 0.1) is 5.92 Å². The van der Waals surface area contributed by atoms with E-state index < -0.39 is 17.9 Å². The van der Waals surface area contributed by atoms with Gasteiger partial charge in [-0.3, -0.25) is 4.79 Å². The first-order valence-electron chi connectivity index (χ1n) is 15.0. The summed E-state index contributed by atoms with van der Waals surface area (Å²) in [5.41, 5.74) is 6.17. The first kappa shape index (κ1) is 28.9. The fraction of sp³-hybridized carbons (Fsp3) is 0.184. The van der Waals surface area contributed by atoms with Crippen molar-refractivity contribution in [3.63, 3.8) is 0 Å². The third-order valence-electron chi connectivity index (χ3n) is 8.08. The van der Waals surface area contributed by atoms with Crippen LogP contribution in [-0.4, -0.2) is 28.0 Å². The summed E-state index contributed by atoms with van der Waals surface area (Å²) in [5.74, 6) is 0.0804. The Morgan fingerprint density at radius 3 is 2.20 bits per heavy atom. The van der Waals surface area contributed by atoms with Crippen molar-refractivity contribution in [1.82, 2.24) is 10.3 Å². The van der Waals surface area contributed by atoms with Crippen LogP contribution in [0.4, 0.5) is 0 Å². The van der Waals surface area contributed by atoms with Crippen molar-refractivity contribution in [2.24, 2.45) is 5.92 Å². The van der Waals surface area contributed by atoms with Crippen molar-refractivity contribution in [3.05, 3.63) is 144 Å². The van der Waals surface area contributed by atoms with Gasteiger partial charge in [0.25, 0.3) is 5.91 Å². The molecule has 1 amide bonds. The number of hydrogen-bond donors (Lipinski definition) is 2. The third-order valence-corrected chi connectivity index (χ3v) is 8.08. The molecule has 0 saturated heterocycles. The Hall–Kier alpha value is -5.23. The maximum atomic E-state index is 13.2. The van der Waals surface area contributed by atoms with Crippen molar-refractivity contribution in [2.45, 2.75) is 38.1 Å². The molecule has 0 aliphatic heterocycles. The monoisotopic (exact) mass is 582 g/mol. The third kappa shape index (κ3) is 6.70. The van der Waals surface area contributed by atoms with E-state index in [-0.39, 0.29) is 12.3 Å². The van der Waals surface area contributed by atoms with Crippen molar-refractivity contribution in [3.8, 4) is 22.6 Å². The molecule has 2 N–H and O–H groups in total. The largest absolute Gasteiger partial charge is 0.480 e. The number of carboxylic acids is 1. The molecule has 44 heavy (non-hydrogen) atoms. The zero-order chi connectivity index (χ0) is 30.3. The Bertz CT molecular complexity index is 1700. The van der Waals surface area contributed by atoms with Crippen molar-refractivity contribution in [1.29, 1.82) is 0 Å². The number of nitrogens with one attached hydrogen (secondary N) is 1. The Morgan fingerprint density at radius 1 is 0.841 bits per heavy atom. The van der Waals surface area contributed by atoms with Gasteiger partial charge in [0, 0.05) is 28.7 Å². The summed E-state index contributed by atoms with van der Waals surface area (Å²) >= 11 is 0. The molecule has 0 spiro atoms. The van der Waals surface area contributed by atoms with Gasteiger partial charge >= 0.3 is 5.97 Å². The minimum Gasteiger partial charge on any atom is -0.480 e. The van der Waals surface area contributed by atoms with Gasteiger partial charge in [0.2, 0.25) is 5.89 Å². The van der Waals surface area contributed by atoms with Crippen molar-refractivity contribution >= 4 is 17.4 Å². The van der Waals surface area contributed by atoms with E-state index in [2.05, 4.69) is 11.4 Å². The summed E-state index contributed by atoms with van der Waals surface area (Å²) in [7, 11) is 0. The van der Waals surface area contributed by atoms with E-state index in [0.717, 1.165) is 58.5 Å². The van der Waals surface area contributed by atoms with Crippen LogP contribution in [-0.2, 0) is 17.6 Å². The van der Waals surface area contributed by atoms with Gasteiger partial charge in [-0.2, -0.15) is 0 Å². The van der Waals surface area contributed by atoms with Gasteiger partial charge < -0.3 is 14.8 Å². The molecule has 0 fully saturated rings. The van der Waals surface area contributed by atoms with Crippen molar-refractivity contribution in [2.75, 3.05) is 0 Å². The molecule has 4 aromatic carbocycles. The number of amides is 1. The summed E-state index contributed by atoms with van der Waals surface area (Å²) in [5, 5.41) is 12.5. The molecule has 1 aliphatic carbocycles. The lowest BCUT2D eigenvalue weighted by Gasteiger charge is -2.23. The molecule has 1 unspecified atom stereocenters. The Kier molecular flexibility index (Phi) is 8.78. The second-order valence-electron chi connectivity index (χ2n) is 11.2. The summed E-state index contributed by atoms with van der Waals surface area (Å²) in [6, 6.07) is 35.9. The molecule has 0 saturated carbocycles. The van der Waals surface area contributed by atoms with E-state index in [9.17, 15) is 14.7 Å². The molecular formula is C38H34N2O4. The molecule has 6 rings (SSSR count). The highest BCUT2D eigenvalue weighted by molar-refractivity contribution is 5.96. The molecule has 6 nitrogen and oxygen atoms in total. The zero-order valence-corrected chi connectivity index (χ0v) is 24.4. The second kappa shape index (κ2) is 13.4. The number of oxazole rings is 1. The van der Waals surface area contributed by atoms with Crippen molar-refractivity contribution < 1.29 is 19.1 Å². The number of allylic oxidation sites excluding steroid dienone is 2. The van der Waals surface area contributed by atoms with E-state index in [1.807, 2.05) is 109 Å². The summed E-state index contributed by atoms with van der Waals surface area (Å²) in [4.78, 5) is 30.2. The molecule has 2 atom stereocenters. The van der Waals surface area contributed by atoms with Crippen LogP contribution >= 0.6 is 0 Å². The van der Waals surface area contributed by atoms with Crippen LogP contribution in [0.5, 0.6) is 0 Å². The molecule has 1 aliphatic rings. The molecule has 6 heteroatoms. The fourth-order valence-electron chi connectivity index (χ4n) is 5.85. The van der Waals surface area contributed by atoms with Gasteiger partial charge in [-0.05, 0) is 54.9 Å². The number of benzene rings is 4. The minimum absolute atomic E-state index is 0.165. The Morgan fingerprint density at radius 2 is 1.50 bits per heavy atom. The van der Waals surface area contributed by atoms with Crippen LogP contribution in [0.2, 0.25) is 0 Å². The lowest BCUT2D eigenvalue weighted by atomic mass is 9.83. The van der Waals surface area contributed by atoms with Crippen LogP contribution in [0.1, 0.15) is 46.6 Å². The maximum Gasteiger partial charge on any atom is 0.326 e. The highest BCUT2D eigenvalue weighted by Gasteiger charge is 2.27. The van der Waals surface area contributed by atoms with Crippen LogP contribution in [0.3, 0.4) is 0 Å². The molecule has 1 aromatic heterocycles. The number of nitrogens with zero attached hydrogens (tertiary/aromatic N) is 1. The highest BCUT2D eigenvalue weighted by atomic mass is 16.4. The molecule has 5 aromatic rings. The molecular weight excluding hydrogens is 548 g/mol. The van der Waals surface area contributed by atoms with E-state index in [4.69, 9.17) is 9.40 Å². The number of carbonyl (C=O) groups is 2. The Balaban J connectivity index is 1.23. The first-order valence-corrected chi connectivity index (χ1v) is 15.0. The quantitative estimate of drug-likeness (QED) is 0.175. The lowest BCUT2D eigenvalue weighted by molar-refractivity contribution is -0.139. The molecule has 0 bridgehead atoms. The van der Waals surface area contributed by atoms with Crippen LogP contribution in [0.15, 0.2) is 126 Å². The van der Waals surface area contributed by atoms with Crippen LogP contribution in [0.25, 0.3) is 28.2 Å². The number of rotatable bonds is 10. The molecule has 220 valence electrons. The minimum atomic E-state index is -1.06. The first-order chi connectivity index (χ1) is 21.5. The smallest absolute Gasteiger partial charge is 0.326 e. The SMILES string of the molecule is O=C(N[C@@H](Cc1ccccc1)C(=O)O)c1cccc(CC2CCCC=C2c2nc(-c3ccccc3)c(-c3ccccc3)o2)c1. The van der Waals surface area contributed by atoms with E-state index in [1.165, 1.54) is 0 Å². The Labute approximate surface area is 257 Å². The average Bonchev–Trinajstić information content (AvgIpc) is 3.52. The predicted octanol–water partition coefficient (Wildman–Crippen LogP) is 7.86. The van der Waals surface area contributed by atoms with Crippen LogP contribution < -0.4 is 5.32 Å². The lowest BCUT2D eigenvalue weighted by Crippen LogP contribution is -2.42. The molecule has 1 heterocycles. The number of carbonyl (C=O) groups excluding carboxylic acids is 1. The number of carboxylic acid groups (broad SMARTS) is 1. The highest BCUT2D eigenvalue weighted by Crippen LogP contribution is 2.40. The summed E-state index contributed by atoms with van der Waals surface area (Å²) < 4.78 is 6.54. The van der Waals surface area contributed by atoms with E-state index in [1.54, 1.807) is 6.07 Å². The average molecular weight is 583 g/mol. The topological polar surface area (TPSA) is 92.4 Å².